The third kappa shape index (κ3) is 2.74. The Morgan fingerprint density at radius 2 is 1.85 bits per heavy atom. The van der Waals surface area contributed by atoms with Crippen molar-refractivity contribution in [3.63, 3.8) is 0 Å². The molecule has 0 aromatic carbocycles. The fourth-order valence-electron chi connectivity index (χ4n) is 3.55. The van der Waals surface area contributed by atoms with Gasteiger partial charge in [0.25, 0.3) is 10.2 Å². The van der Waals surface area contributed by atoms with E-state index in [2.05, 4.69) is 11.9 Å². The summed E-state index contributed by atoms with van der Waals surface area (Å²) in [7, 11) is 3.82. The molecule has 118 valence electrons. The quantitative estimate of drug-likeness (QED) is 0.753. The molecule has 1 atom stereocenters. The fraction of sp³-hybridized carbons (Fsp3) is 1.00. The number of likely N-dealkylation sites (tertiary alicyclic amines) is 1. The highest BCUT2D eigenvalue weighted by Gasteiger charge is 2.47. The predicted octanol–water partition coefficient (Wildman–Crippen LogP) is 0.368. The van der Waals surface area contributed by atoms with Crippen LogP contribution in [0.1, 0.15) is 25.7 Å². The lowest BCUT2D eigenvalue weighted by Gasteiger charge is -2.44. The molecule has 0 amide bonds. The van der Waals surface area contributed by atoms with Crippen molar-refractivity contribution in [2.45, 2.75) is 37.3 Å². The molecule has 7 heteroatoms. The van der Waals surface area contributed by atoms with Gasteiger partial charge in [0, 0.05) is 45.9 Å². The summed E-state index contributed by atoms with van der Waals surface area (Å²) in [6.07, 6.45) is 4.12. The lowest BCUT2D eigenvalue weighted by molar-refractivity contribution is 0.0447. The predicted molar refractivity (Wildman–Crippen MR) is 78.8 cm³/mol. The van der Waals surface area contributed by atoms with Crippen molar-refractivity contribution in [3.8, 4) is 0 Å². The second-order valence-corrected chi connectivity index (χ2v) is 8.31. The first-order valence-electron chi connectivity index (χ1n) is 7.23. The number of nitrogens with zero attached hydrogens (tertiary/aromatic N) is 3. The first kappa shape index (κ1) is 16.2. The van der Waals surface area contributed by atoms with E-state index in [9.17, 15) is 8.42 Å². The van der Waals surface area contributed by atoms with E-state index in [1.807, 2.05) is 0 Å². The van der Waals surface area contributed by atoms with Crippen LogP contribution in [0.15, 0.2) is 0 Å². The summed E-state index contributed by atoms with van der Waals surface area (Å²) in [4.78, 5) is 2.43. The summed E-state index contributed by atoms with van der Waals surface area (Å²) >= 11 is 0. The average Bonchev–Trinajstić information content (AvgIpc) is 2.69. The Kier molecular flexibility index (Phi) is 4.76. The van der Waals surface area contributed by atoms with E-state index < -0.39 is 10.2 Å². The van der Waals surface area contributed by atoms with Crippen molar-refractivity contribution in [1.29, 1.82) is 0 Å². The lowest BCUT2D eigenvalue weighted by Crippen LogP contribution is -2.55. The van der Waals surface area contributed by atoms with Gasteiger partial charge in [0.2, 0.25) is 0 Å². The van der Waals surface area contributed by atoms with Gasteiger partial charge in [-0.2, -0.15) is 17.0 Å². The zero-order chi connectivity index (χ0) is 15.0. The van der Waals surface area contributed by atoms with Crippen molar-refractivity contribution in [3.05, 3.63) is 0 Å². The van der Waals surface area contributed by atoms with Crippen LogP contribution in [0.2, 0.25) is 0 Å². The van der Waals surface area contributed by atoms with Crippen LogP contribution in [0.5, 0.6) is 0 Å². The van der Waals surface area contributed by atoms with E-state index in [1.54, 1.807) is 25.5 Å². The zero-order valence-electron chi connectivity index (χ0n) is 13.0. The van der Waals surface area contributed by atoms with Crippen molar-refractivity contribution >= 4 is 10.2 Å². The Morgan fingerprint density at radius 1 is 1.25 bits per heavy atom. The first-order chi connectivity index (χ1) is 9.33. The maximum atomic E-state index is 12.2. The molecule has 1 unspecified atom stereocenters. The third-order valence-corrected chi connectivity index (χ3v) is 6.98. The number of rotatable bonds is 4. The van der Waals surface area contributed by atoms with Crippen molar-refractivity contribution in [2.75, 3.05) is 47.9 Å². The zero-order valence-corrected chi connectivity index (χ0v) is 13.8. The number of hydrogen-bond donors (Lipinski definition) is 0. The Labute approximate surface area is 122 Å². The van der Waals surface area contributed by atoms with Gasteiger partial charge in [-0.05, 0) is 32.7 Å². The van der Waals surface area contributed by atoms with Gasteiger partial charge in [-0.15, -0.1) is 0 Å². The van der Waals surface area contributed by atoms with Crippen molar-refractivity contribution < 1.29 is 13.2 Å². The number of ether oxygens (including phenoxy) is 1. The molecule has 2 fully saturated rings. The summed E-state index contributed by atoms with van der Waals surface area (Å²) in [6.45, 7) is 1.99. The molecule has 0 bridgehead atoms. The minimum Gasteiger partial charge on any atom is -0.383 e. The maximum Gasteiger partial charge on any atom is 0.281 e. The van der Waals surface area contributed by atoms with Gasteiger partial charge in [-0.25, -0.2) is 0 Å². The van der Waals surface area contributed by atoms with E-state index in [1.165, 1.54) is 4.31 Å². The van der Waals surface area contributed by atoms with Gasteiger partial charge < -0.3 is 4.74 Å². The number of piperidine rings is 1. The van der Waals surface area contributed by atoms with E-state index in [0.717, 1.165) is 32.3 Å². The highest BCUT2D eigenvalue weighted by molar-refractivity contribution is 7.86. The molecule has 2 aliphatic heterocycles. The Morgan fingerprint density at radius 3 is 2.35 bits per heavy atom. The van der Waals surface area contributed by atoms with Crippen LogP contribution in [-0.4, -0.2) is 81.5 Å². The van der Waals surface area contributed by atoms with Crippen LogP contribution in [0, 0.1) is 0 Å². The number of likely N-dealkylation sites (N-methyl/N-ethyl adjacent to an activating group) is 1. The van der Waals surface area contributed by atoms with Crippen LogP contribution >= 0.6 is 0 Å². The molecule has 1 spiro atoms. The normalized spacial score (nSPS) is 28.6. The molecule has 2 rings (SSSR count). The van der Waals surface area contributed by atoms with E-state index in [0.29, 0.717) is 19.1 Å². The molecule has 0 aliphatic carbocycles. The summed E-state index contributed by atoms with van der Waals surface area (Å²) in [5, 5.41) is 0. The van der Waals surface area contributed by atoms with Gasteiger partial charge in [0.05, 0.1) is 6.61 Å². The molecular weight excluding hydrogens is 278 g/mol. The van der Waals surface area contributed by atoms with Gasteiger partial charge >= 0.3 is 0 Å². The molecule has 2 aliphatic rings. The molecule has 20 heavy (non-hydrogen) atoms. The van der Waals surface area contributed by atoms with Crippen LogP contribution in [-0.2, 0) is 14.9 Å². The van der Waals surface area contributed by atoms with Crippen LogP contribution in [0.25, 0.3) is 0 Å². The Bertz CT molecular complexity index is 430. The molecule has 0 aromatic heterocycles. The van der Waals surface area contributed by atoms with Crippen molar-refractivity contribution in [2.24, 2.45) is 0 Å². The Hall–Kier alpha value is -0.210. The van der Waals surface area contributed by atoms with Gasteiger partial charge in [-0.3, -0.25) is 4.90 Å². The van der Waals surface area contributed by atoms with Gasteiger partial charge in [-0.1, -0.05) is 0 Å². The van der Waals surface area contributed by atoms with E-state index in [-0.39, 0.29) is 5.54 Å². The smallest absolute Gasteiger partial charge is 0.281 e. The average molecular weight is 305 g/mol. The summed E-state index contributed by atoms with van der Waals surface area (Å²) in [5.41, 5.74) is 0.168. The molecule has 2 heterocycles. The maximum absolute atomic E-state index is 12.2. The molecule has 0 radical (unpaired) electrons. The number of hydrogen-bond acceptors (Lipinski definition) is 4. The standard InChI is InChI=1S/C13H27N3O3S/c1-14(2)20(17,18)16-9-7-13(8-10-16)6-5-12(11-19-4)15(13)3/h12H,5-11H2,1-4H3. The van der Waals surface area contributed by atoms with Gasteiger partial charge in [0.15, 0.2) is 0 Å². The highest BCUT2D eigenvalue weighted by atomic mass is 32.2. The van der Waals surface area contributed by atoms with Crippen LogP contribution < -0.4 is 0 Å². The third-order valence-electron chi connectivity index (χ3n) is 5.04. The summed E-state index contributed by atoms with van der Waals surface area (Å²) in [5.74, 6) is 0. The van der Waals surface area contributed by atoms with Crippen LogP contribution in [0.3, 0.4) is 0 Å². The van der Waals surface area contributed by atoms with Gasteiger partial charge in [0.1, 0.15) is 0 Å². The number of methoxy groups -OCH3 is 1. The monoisotopic (exact) mass is 305 g/mol. The molecule has 6 nitrogen and oxygen atoms in total. The molecule has 0 saturated carbocycles. The lowest BCUT2D eigenvalue weighted by atomic mass is 9.86. The van der Waals surface area contributed by atoms with E-state index >= 15 is 0 Å². The minimum absolute atomic E-state index is 0.168. The molecule has 0 aromatic rings. The summed E-state index contributed by atoms with van der Waals surface area (Å²) in [6, 6.07) is 0.469. The Balaban J connectivity index is 2.01. The van der Waals surface area contributed by atoms with Crippen molar-refractivity contribution in [1.82, 2.24) is 13.5 Å². The molecule has 0 N–H and O–H groups in total. The fourth-order valence-corrected chi connectivity index (χ4v) is 4.65. The van der Waals surface area contributed by atoms with E-state index in [4.69, 9.17) is 4.74 Å². The summed E-state index contributed by atoms with van der Waals surface area (Å²) < 4.78 is 32.5. The highest BCUT2D eigenvalue weighted by Crippen LogP contribution is 2.41. The SMILES string of the molecule is COCC1CCC2(CCN(S(=O)(=O)N(C)C)CC2)N1C. The molecule has 2 saturated heterocycles. The minimum atomic E-state index is -3.26. The molecular formula is C13H27N3O3S. The first-order valence-corrected chi connectivity index (χ1v) is 8.63. The second-order valence-electron chi connectivity index (χ2n) is 6.17. The van der Waals surface area contributed by atoms with Crippen LogP contribution in [0.4, 0.5) is 0 Å². The largest absolute Gasteiger partial charge is 0.383 e. The topological polar surface area (TPSA) is 53.1 Å². The second kappa shape index (κ2) is 5.88.